The van der Waals surface area contributed by atoms with Gasteiger partial charge < -0.3 is 14.7 Å². The minimum atomic E-state index is -3.51. The van der Waals surface area contributed by atoms with Gasteiger partial charge in [0.2, 0.25) is 5.91 Å². The number of sulfonamides is 1. The molecule has 0 spiro atoms. The van der Waals surface area contributed by atoms with Crippen molar-refractivity contribution in [2.75, 3.05) is 32.8 Å². The number of benzene rings is 1. The molecule has 2 heterocycles. The quantitative estimate of drug-likeness (QED) is 0.617. The molecule has 1 aromatic carbocycles. The number of amides is 1. The largest absolute Gasteiger partial charge is 0.504 e. The first kappa shape index (κ1) is 22.3. The lowest BCUT2D eigenvalue weighted by molar-refractivity contribution is -0.132. The van der Waals surface area contributed by atoms with Gasteiger partial charge in [0.05, 0.1) is 6.61 Å². The Morgan fingerprint density at radius 3 is 2.50 bits per heavy atom. The van der Waals surface area contributed by atoms with Gasteiger partial charge in [0.25, 0.3) is 10.0 Å². The number of phenols is 1. The van der Waals surface area contributed by atoms with Gasteiger partial charge in [0.1, 0.15) is 4.21 Å². The topological polar surface area (TPSA) is 104 Å². The van der Waals surface area contributed by atoms with E-state index in [0.717, 1.165) is 0 Å². The highest BCUT2D eigenvalue weighted by Crippen LogP contribution is 2.27. The Hall–Kier alpha value is -2.43. The van der Waals surface area contributed by atoms with Crippen LogP contribution in [-0.2, 0) is 14.8 Å². The fourth-order valence-electron chi connectivity index (χ4n) is 3.20. The maximum absolute atomic E-state index is 12.6. The molecule has 1 aliphatic heterocycles. The van der Waals surface area contributed by atoms with Gasteiger partial charge in [0, 0.05) is 44.6 Å². The fraction of sp³-hybridized carbons (Fsp3) is 0.400. The van der Waals surface area contributed by atoms with Crippen LogP contribution in [0.25, 0.3) is 0 Å². The van der Waals surface area contributed by atoms with Crippen molar-refractivity contribution in [3.63, 3.8) is 0 Å². The van der Waals surface area contributed by atoms with Crippen LogP contribution in [0.1, 0.15) is 30.1 Å². The normalized spacial score (nSPS) is 15.2. The minimum absolute atomic E-state index is 0.0306. The summed E-state index contributed by atoms with van der Waals surface area (Å²) in [7, 11) is -3.51. The van der Waals surface area contributed by atoms with E-state index >= 15 is 0 Å². The molecule has 1 N–H and O–H groups in total. The van der Waals surface area contributed by atoms with Crippen LogP contribution in [0, 0.1) is 0 Å². The molecule has 0 unspecified atom stereocenters. The summed E-state index contributed by atoms with van der Waals surface area (Å²) in [5.41, 5.74) is 0.371. The van der Waals surface area contributed by atoms with Crippen molar-refractivity contribution in [2.45, 2.75) is 24.0 Å². The number of rotatable bonds is 8. The van der Waals surface area contributed by atoms with E-state index < -0.39 is 10.0 Å². The number of ketones is 1. The first-order valence-electron chi connectivity index (χ1n) is 9.63. The first-order valence-corrected chi connectivity index (χ1v) is 12.0. The molecule has 162 valence electrons. The second kappa shape index (κ2) is 9.59. The summed E-state index contributed by atoms with van der Waals surface area (Å²) in [4.78, 5) is 26.5. The van der Waals surface area contributed by atoms with E-state index in [0.29, 0.717) is 29.5 Å². The van der Waals surface area contributed by atoms with Crippen molar-refractivity contribution >= 4 is 33.1 Å². The smallest absolute Gasteiger partial charge is 0.252 e. The Bertz CT molecular complexity index is 996. The average molecular weight is 453 g/mol. The molecule has 2 aromatic rings. The number of hydrogen-bond donors (Lipinski definition) is 1. The molecule has 1 amide bonds. The molecule has 1 aromatic heterocycles. The van der Waals surface area contributed by atoms with Crippen LogP contribution < -0.4 is 4.74 Å². The van der Waals surface area contributed by atoms with Gasteiger partial charge in [0.15, 0.2) is 17.3 Å². The summed E-state index contributed by atoms with van der Waals surface area (Å²) in [5.74, 6) is -0.207. The van der Waals surface area contributed by atoms with E-state index in [4.69, 9.17) is 4.74 Å². The molecular formula is C20H24N2O6S2. The van der Waals surface area contributed by atoms with Crippen LogP contribution in [0.5, 0.6) is 11.5 Å². The maximum Gasteiger partial charge on any atom is 0.252 e. The van der Waals surface area contributed by atoms with Crippen molar-refractivity contribution in [3.05, 3.63) is 41.3 Å². The van der Waals surface area contributed by atoms with Gasteiger partial charge in [-0.05, 0) is 36.6 Å². The Morgan fingerprint density at radius 2 is 1.87 bits per heavy atom. The Morgan fingerprint density at radius 1 is 1.13 bits per heavy atom. The number of piperazine rings is 1. The zero-order valence-corrected chi connectivity index (χ0v) is 18.2. The third-order valence-corrected chi connectivity index (χ3v) is 8.10. The highest BCUT2D eigenvalue weighted by atomic mass is 32.2. The summed E-state index contributed by atoms with van der Waals surface area (Å²) in [6.45, 7) is 3.19. The van der Waals surface area contributed by atoms with Crippen molar-refractivity contribution in [1.29, 1.82) is 0 Å². The number of ether oxygens (including phenoxy) is 1. The van der Waals surface area contributed by atoms with Crippen molar-refractivity contribution in [2.24, 2.45) is 0 Å². The number of thiophene rings is 1. The Kier molecular flexibility index (Phi) is 7.11. The Labute approximate surface area is 179 Å². The predicted octanol–water partition coefficient (Wildman–Crippen LogP) is 2.35. The van der Waals surface area contributed by atoms with Gasteiger partial charge in [-0.3, -0.25) is 9.59 Å². The Balaban J connectivity index is 1.52. The van der Waals surface area contributed by atoms with Crippen molar-refractivity contribution in [3.8, 4) is 11.5 Å². The summed E-state index contributed by atoms with van der Waals surface area (Å²) in [5, 5.41) is 11.4. The molecule has 0 aliphatic carbocycles. The van der Waals surface area contributed by atoms with Crippen LogP contribution in [0.15, 0.2) is 39.9 Å². The molecule has 3 rings (SSSR count). The van der Waals surface area contributed by atoms with Crippen molar-refractivity contribution in [1.82, 2.24) is 9.21 Å². The number of hydrogen-bond acceptors (Lipinski definition) is 7. The molecule has 1 saturated heterocycles. The van der Waals surface area contributed by atoms with E-state index in [9.17, 15) is 23.1 Å². The second-order valence-corrected chi connectivity index (χ2v) is 9.87. The number of nitrogens with zero attached hydrogens (tertiary/aromatic N) is 2. The third-order valence-electron chi connectivity index (χ3n) is 4.83. The lowest BCUT2D eigenvalue weighted by Crippen LogP contribution is -2.50. The third kappa shape index (κ3) is 5.00. The number of Topliss-reactive ketones (excluding diaryl/α,β-unsaturated/α-hetero) is 1. The van der Waals surface area contributed by atoms with Crippen LogP contribution >= 0.6 is 11.3 Å². The van der Waals surface area contributed by atoms with Crippen molar-refractivity contribution < 1.29 is 27.9 Å². The zero-order valence-electron chi connectivity index (χ0n) is 16.6. The molecular weight excluding hydrogens is 428 g/mol. The lowest BCUT2D eigenvalue weighted by Gasteiger charge is -2.33. The van der Waals surface area contributed by atoms with Crippen LogP contribution in [-0.4, -0.2) is 67.2 Å². The number of phenolic OH excluding ortho intramolecular Hbond substituents is 1. The number of carbonyl (C=O) groups excluding carboxylic acids is 2. The van der Waals surface area contributed by atoms with Crippen LogP contribution in [0.4, 0.5) is 0 Å². The predicted molar refractivity (Wildman–Crippen MR) is 112 cm³/mol. The summed E-state index contributed by atoms with van der Waals surface area (Å²) in [6, 6.07) is 7.63. The molecule has 10 heteroatoms. The standard InChI is InChI=1S/C20H24N2O6S2/c1-2-28-18-14-15(5-6-17(18)24)16(23)7-8-19(25)21-9-11-22(12-10-21)30(26,27)20-4-3-13-29-20/h3-6,13-14,24H,2,7-12H2,1H3. The number of carbonyl (C=O) groups is 2. The maximum atomic E-state index is 12.6. The van der Waals surface area contributed by atoms with E-state index in [-0.39, 0.29) is 49.1 Å². The molecule has 0 radical (unpaired) electrons. The van der Waals surface area contributed by atoms with Gasteiger partial charge in [-0.2, -0.15) is 4.31 Å². The zero-order chi connectivity index (χ0) is 21.7. The lowest BCUT2D eigenvalue weighted by atomic mass is 10.1. The summed E-state index contributed by atoms with van der Waals surface area (Å²) >= 11 is 1.17. The second-order valence-electron chi connectivity index (χ2n) is 6.76. The van der Waals surface area contributed by atoms with Crippen LogP contribution in [0.2, 0.25) is 0 Å². The van der Waals surface area contributed by atoms with E-state index in [1.807, 2.05) is 0 Å². The SMILES string of the molecule is CCOc1cc(C(=O)CCC(=O)N2CCN(S(=O)(=O)c3cccs3)CC2)ccc1O. The van der Waals surface area contributed by atoms with Gasteiger partial charge in [-0.15, -0.1) is 11.3 Å². The monoisotopic (exact) mass is 452 g/mol. The molecule has 1 aliphatic rings. The van der Waals surface area contributed by atoms with E-state index in [1.165, 1.54) is 33.8 Å². The summed E-state index contributed by atoms with van der Waals surface area (Å²) in [6.07, 6.45) is 0.0736. The van der Waals surface area contributed by atoms with Crippen LogP contribution in [0.3, 0.4) is 0 Å². The summed E-state index contributed by atoms with van der Waals surface area (Å²) < 4.78 is 32.1. The highest BCUT2D eigenvalue weighted by molar-refractivity contribution is 7.91. The highest BCUT2D eigenvalue weighted by Gasteiger charge is 2.30. The molecule has 8 nitrogen and oxygen atoms in total. The number of aromatic hydroxyl groups is 1. The van der Waals surface area contributed by atoms with Gasteiger partial charge in [-0.25, -0.2) is 8.42 Å². The molecule has 1 fully saturated rings. The van der Waals surface area contributed by atoms with E-state index in [1.54, 1.807) is 29.3 Å². The minimum Gasteiger partial charge on any atom is -0.504 e. The average Bonchev–Trinajstić information content (AvgIpc) is 3.29. The fourth-order valence-corrected chi connectivity index (χ4v) is 5.76. The molecule has 0 saturated carbocycles. The van der Waals surface area contributed by atoms with E-state index in [2.05, 4.69) is 0 Å². The molecule has 30 heavy (non-hydrogen) atoms. The first-order chi connectivity index (χ1) is 14.3. The van der Waals surface area contributed by atoms with Gasteiger partial charge in [-0.1, -0.05) is 6.07 Å². The molecule has 0 atom stereocenters. The van der Waals surface area contributed by atoms with Gasteiger partial charge >= 0.3 is 0 Å². The molecule has 0 bridgehead atoms.